The zero-order valence-electron chi connectivity index (χ0n) is 11.7. The molecule has 1 aliphatic heterocycles. The van der Waals surface area contributed by atoms with Crippen LogP contribution in [0.1, 0.15) is 34.6 Å². The van der Waals surface area contributed by atoms with E-state index in [2.05, 4.69) is 16.3 Å². The number of halogens is 1. The molecular formula is C16H18FNOS. The molecule has 0 saturated carbocycles. The second-order valence-electron chi connectivity index (χ2n) is 5.38. The Balaban J connectivity index is 2.00. The van der Waals surface area contributed by atoms with Crippen LogP contribution in [0.25, 0.3) is 0 Å². The first-order chi connectivity index (χ1) is 9.56. The standard InChI is InChI=1S/C16H18FNOS/c1-10-7-15(13(11(2)19)8-14(10)17)18-5-3-16-12(9-18)4-6-20-16/h4,6-8,11,19H,3,5,9H2,1-2H3/t11-/m0/s1. The van der Waals surface area contributed by atoms with Crippen molar-refractivity contribution in [3.8, 4) is 0 Å². The maximum Gasteiger partial charge on any atom is 0.126 e. The van der Waals surface area contributed by atoms with E-state index in [-0.39, 0.29) is 5.82 Å². The quantitative estimate of drug-likeness (QED) is 0.909. The number of aryl methyl sites for hydroxylation is 1. The van der Waals surface area contributed by atoms with Crippen LogP contribution in [0.15, 0.2) is 23.6 Å². The van der Waals surface area contributed by atoms with E-state index in [1.54, 1.807) is 25.2 Å². The van der Waals surface area contributed by atoms with E-state index in [1.807, 2.05) is 6.07 Å². The van der Waals surface area contributed by atoms with Gasteiger partial charge in [-0.05, 0) is 55.0 Å². The number of anilines is 1. The summed E-state index contributed by atoms with van der Waals surface area (Å²) >= 11 is 1.80. The van der Waals surface area contributed by atoms with Gasteiger partial charge in [-0.3, -0.25) is 0 Å². The second-order valence-corrected chi connectivity index (χ2v) is 6.38. The summed E-state index contributed by atoms with van der Waals surface area (Å²) < 4.78 is 13.7. The van der Waals surface area contributed by atoms with Crippen molar-refractivity contribution in [3.63, 3.8) is 0 Å². The molecule has 1 aromatic heterocycles. The minimum Gasteiger partial charge on any atom is -0.389 e. The summed E-state index contributed by atoms with van der Waals surface area (Å²) in [6, 6.07) is 5.48. The van der Waals surface area contributed by atoms with Crippen LogP contribution in [0.4, 0.5) is 10.1 Å². The van der Waals surface area contributed by atoms with Gasteiger partial charge in [-0.1, -0.05) is 0 Å². The first-order valence-corrected chi connectivity index (χ1v) is 7.72. The van der Waals surface area contributed by atoms with Crippen LogP contribution >= 0.6 is 11.3 Å². The normalized spacial score (nSPS) is 16.1. The molecule has 1 N–H and O–H groups in total. The molecule has 0 saturated heterocycles. The van der Waals surface area contributed by atoms with Gasteiger partial charge < -0.3 is 10.0 Å². The van der Waals surface area contributed by atoms with Crippen molar-refractivity contribution < 1.29 is 9.50 Å². The Morgan fingerprint density at radius 2 is 2.20 bits per heavy atom. The number of aliphatic hydroxyl groups is 1. The molecule has 2 heterocycles. The Labute approximate surface area is 122 Å². The number of hydrogen-bond donors (Lipinski definition) is 1. The van der Waals surface area contributed by atoms with E-state index >= 15 is 0 Å². The van der Waals surface area contributed by atoms with Crippen LogP contribution in [0.2, 0.25) is 0 Å². The van der Waals surface area contributed by atoms with E-state index in [9.17, 15) is 9.50 Å². The highest BCUT2D eigenvalue weighted by molar-refractivity contribution is 7.10. The highest BCUT2D eigenvalue weighted by Gasteiger charge is 2.22. The molecule has 1 atom stereocenters. The second kappa shape index (κ2) is 5.19. The predicted molar refractivity (Wildman–Crippen MR) is 80.8 cm³/mol. The molecule has 0 unspecified atom stereocenters. The SMILES string of the molecule is Cc1cc(N2CCc3sccc3C2)c([C@H](C)O)cc1F. The highest BCUT2D eigenvalue weighted by atomic mass is 32.1. The van der Waals surface area contributed by atoms with Crippen molar-refractivity contribution >= 4 is 17.0 Å². The molecule has 3 rings (SSSR count). The van der Waals surface area contributed by atoms with E-state index in [0.717, 1.165) is 25.2 Å². The van der Waals surface area contributed by atoms with Gasteiger partial charge >= 0.3 is 0 Å². The van der Waals surface area contributed by atoms with Gasteiger partial charge in [-0.25, -0.2) is 4.39 Å². The van der Waals surface area contributed by atoms with Crippen molar-refractivity contribution in [1.82, 2.24) is 0 Å². The van der Waals surface area contributed by atoms with Crippen LogP contribution in [0.3, 0.4) is 0 Å². The fourth-order valence-corrected chi connectivity index (χ4v) is 3.63. The monoisotopic (exact) mass is 291 g/mol. The minimum atomic E-state index is -0.663. The van der Waals surface area contributed by atoms with Gasteiger partial charge in [-0.15, -0.1) is 11.3 Å². The number of hydrogen-bond acceptors (Lipinski definition) is 3. The van der Waals surface area contributed by atoms with Crippen LogP contribution in [0.5, 0.6) is 0 Å². The zero-order chi connectivity index (χ0) is 14.3. The fourth-order valence-electron chi connectivity index (χ4n) is 2.74. The molecular weight excluding hydrogens is 273 g/mol. The van der Waals surface area contributed by atoms with E-state index < -0.39 is 6.10 Å². The molecule has 20 heavy (non-hydrogen) atoms. The molecule has 0 radical (unpaired) electrons. The predicted octanol–water partition coefficient (Wildman–Crippen LogP) is 3.81. The Morgan fingerprint density at radius 1 is 1.40 bits per heavy atom. The van der Waals surface area contributed by atoms with Crippen molar-refractivity contribution in [2.45, 2.75) is 32.9 Å². The molecule has 0 aliphatic carbocycles. The lowest BCUT2D eigenvalue weighted by molar-refractivity contribution is 0.199. The molecule has 0 amide bonds. The lowest BCUT2D eigenvalue weighted by atomic mass is 10.0. The third-order valence-corrected chi connectivity index (χ3v) is 4.93. The van der Waals surface area contributed by atoms with E-state index in [0.29, 0.717) is 11.1 Å². The molecule has 0 bridgehead atoms. The molecule has 1 aliphatic rings. The molecule has 2 nitrogen and oxygen atoms in total. The molecule has 4 heteroatoms. The van der Waals surface area contributed by atoms with E-state index in [4.69, 9.17) is 0 Å². The zero-order valence-corrected chi connectivity index (χ0v) is 12.5. The van der Waals surface area contributed by atoms with Crippen molar-refractivity contribution in [3.05, 3.63) is 51.0 Å². The Hall–Kier alpha value is -1.39. The molecule has 1 aromatic carbocycles. The summed E-state index contributed by atoms with van der Waals surface area (Å²) in [4.78, 5) is 3.68. The number of benzene rings is 1. The van der Waals surface area contributed by atoms with Gasteiger partial charge in [0.15, 0.2) is 0 Å². The molecule has 0 fully saturated rings. The van der Waals surface area contributed by atoms with Crippen LogP contribution < -0.4 is 4.90 Å². The number of aliphatic hydroxyl groups excluding tert-OH is 1. The summed E-state index contributed by atoms with van der Waals surface area (Å²) in [5, 5.41) is 12.0. The Morgan fingerprint density at radius 3 is 2.95 bits per heavy atom. The van der Waals surface area contributed by atoms with Gasteiger partial charge in [0.1, 0.15) is 5.82 Å². The lowest BCUT2D eigenvalue weighted by Crippen LogP contribution is -2.30. The molecule has 0 spiro atoms. The number of nitrogens with zero attached hydrogens (tertiary/aromatic N) is 1. The van der Waals surface area contributed by atoms with Crippen molar-refractivity contribution in [2.24, 2.45) is 0 Å². The summed E-state index contributed by atoms with van der Waals surface area (Å²) in [6.07, 6.45) is 0.354. The third kappa shape index (κ3) is 2.34. The number of thiophene rings is 1. The maximum atomic E-state index is 13.7. The topological polar surface area (TPSA) is 23.5 Å². The average Bonchev–Trinajstić information content (AvgIpc) is 2.88. The number of rotatable bonds is 2. The molecule has 106 valence electrons. The Kier molecular flexibility index (Phi) is 3.52. The first kappa shape index (κ1) is 13.6. The van der Waals surface area contributed by atoms with Gasteiger partial charge in [0.05, 0.1) is 6.10 Å². The smallest absolute Gasteiger partial charge is 0.126 e. The minimum absolute atomic E-state index is 0.252. The van der Waals surface area contributed by atoms with Crippen LogP contribution in [0, 0.1) is 12.7 Å². The lowest BCUT2D eigenvalue weighted by Gasteiger charge is -2.31. The van der Waals surface area contributed by atoms with Crippen LogP contribution in [-0.4, -0.2) is 11.7 Å². The van der Waals surface area contributed by atoms with Crippen molar-refractivity contribution in [2.75, 3.05) is 11.4 Å². The van der Waals surface area contributed by atoms with Gasteiger partial charge in [0.2, 0.25) is 0 Å². The van der Waals surface area contributed by atoms with Gasteiger partial charge in [0, 0.05) is 29.2 Å². The van der Waals surface area contributed by atoms with E-state index in [1.165, 1.54) is 16.5 Å². The summed E-state index contributed by atoms with van der Waals surface area (Å²) in [5.41, 5.74) is 3.60. The Bertz CT molecular complexity index is 635. The largest absolute Gasteiger partial charge is 0.389 e. The van der Waals surface area contributed by atoms with Crippen molar-refractivity contribution in [1.29, 1.82) is 0 Å². The van der Waals surface area contributed by atoms with Gasteiger partial charge in [-0.2, -0.15) is 0 Å². The fraction of sp³-hybridized carbons (Fsp3) is 0.375. The summed E-state index contributed by atoms with van der Waals surface area (Å²) in [5.74, 6) is -0.252. The summed E-state index contributed by atoms with van der Waals surface area (Å²) in [6.45, 7) is 5.21. The van der Waals surface area contributed by atoms with Gasteiger partial charge in [0.25, 0.3) is 0 Å². The maximum absolute atomic E-state index is 13.7. The first-order valence-electron chi connectivity index (χ1n) is 6.84. The third-order valence-electron chi connectivity index (χ3n) is 3.91. The molecule has 2 aromatic rings. The van der Waals surface area contributed by atoms with Crippen LogP contribution in [-0.2, 0) is 13.0 Å². The number of fused-ring (bicyclic) bond motifs is 1. The average molecular weight is 291 g/mol. The summed E-state index contributed by atoms with van der Waals surface area (Å²) in [7, 11) is 0. The highest BCUT2D eigenvalue weighted by Crippen LogP contribution is 2.33.